The molecule has 0 amide bonds. The van der Waals surface area contributed by atoms with Crippen molar-refractivity contribution in [2.75, 3.05) is 0 Å². The van der Waals surface area contributed by atoms with E-state index in [1.807, 2.05) is 17.5 Å². The first-order chi connectivity index (χ1) is 7.83. The summed E-state index contributed by atoms with van der Waals surface area (Å²) in [5.41, 5.74) is 0.581. The molecule has 0 radical (unpaired) electrons. The highest BCUT2D eigenvalue weighted by molar-refractivity contribution is 7.13. The molecule has 7 heteroatoms. The van der Waals surface area contributed by atoms with Crippen LogP contribution in [0, 0.1) is 0 Å². The van der Waals surface area contributed by atoms with Crippen LogP contribution in [0.3, 0.4) is 0 Å². The van der Waals surface area contributed by atoms with Gasteiger partial charge in [0.05, 0.1) is 11.1 Å². The molecule has 0 aliphatic heterocycles. The molecule has 16 heavy (non-hydrogen) atoms. The van der Waals surface area contributed by atoms with Crippen molar-refractivity contribution in [2.45, 2.75) is 0 Å². The van der Waals surface area contributed by atoms with Crippen molar-refractivity contribution in [3.63, 3.8) is 0 Å². The molecular formula is C9H7N5OS. The van der Waals surface area contributed by atoms with Gasteiger partial charge in [-0.25, -0.2) is 0 Å². The van der Waals surface area contributed by atoms with E-state index in [2.05, 4.69) is 20.5 Å². The first kappa shape index (κ1) is 9.22. The van der Waals surface area contributed by atoms with Crippen LogP contribution >= 0.6 is 11.3 Å². The predicted octanol–water partition coefficient (Wildman–Crippen LogP) is 1.59. The second-order valence-corrected chi connectivity index (χ2v) is 4.13. The lowest BCUT2D eigenvalue weighted by Crippen LogP contribution is -1.85. The SMILES string of the molecule is Cn1cc(-c2nc(-c3cccs3)no2)nn1. The van der Waals surface area contributed by atoms with E-state index < -0.39 is 0 Å². The van der Waals surface area contributed by atoms with Gasteiger partial charge in [-0.15, -0.1) is 16.4 Å². The van der Waals surface area contributed by atoms with Crippen LogP contribution < -0.4 is 0 Å². The molecule has 0 bridgehead atoms. The third-order valence-corrected chi connectivity index (χ3v) is 2.86. The van der Waals surface area contributed by atoms with Gasteiger partial charge in [0.25, 0.3) is 5.89 Å². The first-order valence-electron chi connectivity index (χ1n) is 4.57. The summed E-state index contributed by atoms with van der Waals surface area (Å²) in [6.07, 6.45) is 1.73. The van der Waals surface area contributed by atoms with Crippen LogP contribution in [0.2, 0.25) is 0 Å². The van der Waals surface area contributed by atoms with Crippen molar-refractivity contribution >= 4 is 11.3 Å². The van der Waals surface area contributed by atoms with Gasteiger partial charge in [0.15, 0.2) is 5.69 Å². The van der Waals surface area contributed by atoms with Gasteiger partial charge < -0.3 is 4.52 Å². The molecule has 3 heterocycles. The number of hydrogen-bond donors (Lipinski definition) is 0. The van der Waals surface area contributed by atoms with Gasteiger partial charge in [-0.05, 0) is 11.4 Å². The third kappa shape index (κ3) is 1.50. The smallest absolute Gasteiger partial charge is 0.280 e. The summed E-state index contributed by atoms with van der Waals surface area (Å²) in [5.74, 6) is 0.965. The van der Waals surface area contributed by atoms with Crippen LogP contribution in [0.4, 0.5) is 0 Å². The summed E-state index contributed by atoms with van der Waals surface area (Å²) in [6, 6.07) is 3.88. The number of aromatic nitrogens is 5. The van der Waals surface area contributed by atoms with Crippen molar-refractivity contribution < 1.29 is 4.52 Å². The molecule has 3 aromatic rings. The van der Waals surface area contributed by atoms with Crippen molar-refractivity contribution in [1.82, 2.24) is 25.1 Å². The van der Waals surface area contributed by atoms with E-state index in [0.717, 1.165) is 4.88 Å². The Hall–Kier alpha value is -2.02. The summed E-state index contributed by atoms with van der Waals surface area (Å²) >= 11 is 1.56. The van der Waals surface area contributed by atoms with Crippen LogP contribution in [-0.2, 0) is 7.05 Å². The molecule has 0 aliphatic rings. The minimum atomic E-state index is 0.386. The van der Waals surface area contributed by atoms with E-state index in [4.69, 9.17) is 4.52 Å². The van der Waals surface area contributed by atoms with Gasteiger partial charge in [-0.1, -0.05) is 16.4 Å². The normalized spacial score (nSPS) is 10.8. The molecule has 0 saturated carbocycles. The molecule has 3 rings (SSSR count). The fourth-order valence-corrected chi connectivity index (χ4v) is 1.93. The quantitative estimate of drug-likeness (QED) is 0.672. The number of rotatable bonds is 2. The highest BCUT2D eigenvalue weighted by atomic mass is 32.1. The van der Waals surface area contributed by atoms with Crippen molar-refractivity contribution in [3.05, 3.63) is 23.7 Å². The standard InChI is InChI=1S/C9H7N5OS/c1-14-5-6(11-13-14)9-10-8(12-15-9)7-3-2-4-16-7/h2-5H,1H3. The number of nitrogens with zero attached hydrogens (tertiary/aromatic N) is 5. The van der Waals surface area contributed by atoms with Gasteiger partial charge in [0.2, 0.25) is 5.82 Å². The van der Waals surface area contributed by atoms with Crippen molar-refractivity contribution in [2.24, 2.45) is 7.05 Å². The largest absolute Gasteiger partial charge is 0.332 e. The maximum absolute atomic E-state index is 5.12. The Morgan fingerprint density at radius 1 is 1.44 bits per heavy atom. The topological polar surface area (TPSA) is 69.6 Å². The molecule has 0 saturated heterocycles. The third-order valence-electron chi connectivity index (χ3n) is 1.99. The summed E-state index contributed by atoms with van der Waals surface area (Å²) < 4.78 is 6.71. The number of hydrogen-bond acceptors (Lipinski definition) is 6. The lowest BCUT2D eigenvalue weighted by atomic mass is 10.4. The average Bonchev–Trinajstić information content (AvgIpc) is 2.97. The summed E-state index contributed by atoms with van der Waals surface area (Å²) in [6.45, 7) is 0. The van der Waals surface area contributed by atoms with Gasteiger partial charge in [0, 0.05) is 7.05 Å². The maximum atomic E-state index is 5.12. The van der Waals surface area contributed by atoms with Gasteiger partial charge in [-0.2, -0.15) is 4.98 Å². The molecule has 80 valence electrons. The van der Waals surface area contributed by atoms with Crippen LogP contribution in [0.25, 0.3) is 22.3 Å². The monoisotopic (exact) mass is 233 g/mol. The predicted molar refractivity (Wildman–Crippen MR) is 57.6 cm³/mol. The summed E-state index contributed by atoms with van der Waals surface area (Å²) in [7, 11) is 1.78. The Morgan fingerprint density at radius 2 is 2.38 bits per heavy atom. The Kier molecular flexibility index (Phi) is 2.03. The number of aryl methyl sites for hydroxylation is 1. The van der Waals surface area contributed by atoms with Crippen LogP contribution in [0.1, 0.15) is 0 Å². The Morgan fingerprint density at radius 3 is 3.06 bits per heavy atom. The zero-order valence-electron chi connectivity index (χ0n) is 8.36. The fraction of sp³-hybridized carbons (Fsp3) is 0.111. The average molecular weight is 233 g/mol. The van der Waals surface area contributed by atoms with Crippen molar-refractivity contribution in [1.29, 1.82) is 0 Å². The molecule has 6 nitrogen and oxygen atoms in total. The van der Waals surface area contributed by atoms with Gasteiger partial charge in [-0.3, -0.25) is 4.68 Å². The zero-order chi connectivity index (χ0) is 11.0. The molecule has 0 fully saturated rings. The molecule has 0 aromatic carbocycles. The molecule has 0 atom stereocenters. The van der Waals surface area contributed by atoms with E-state index in [-0.39, 0.29) is 0 Å². The van der Waals surface area contributed by atoms with Gasteiger partial charge in [0.1, 0.15) is 0 Å². The Labute approximate surface area is 94.5 Å². The molecule has 3 aromatic heterocycles. The lowest BCUT2D eigenvalue weighted by Gasteiger charge is -1.82. The maximum Gasteiger partial charge on any atom is 0.280 e. The molecule has 0 aliphatic carbocycles. The van der Waals surface area contributed by atoms with Crippen LogP contribution in [0.15, 0.2) is 28.2 Å². The van der Waals surface area contributed by atoms with E-state index in [0.29, 0.717) is 17.4 Å². The van der Waals surface area contributed by atoms with Crippen LogP contribution in [0.5, 0.6) is 0 Å². The van der Waals surface area contributed by atoms with Crippen molar-refractivity contribution in [3.8, 4) is 22.3 Å². The second kappa shape index (κ2) is 3.53. The van der Waals surface area contributed by atoms with E-state index in [9.17, 15) is 0 Å². The fourth-order valence-electron chi connectivity index (χ4n) is 1.28. The zero-order valence-corrected chi connectivity index (χ0v) is 9.18. The lowest BCUT2D eigenvalue weighted by molar-refractivity contribution is 0.431. The van der Waals surface area contributed by atoms with E-state index in [1.165, 1.54) is 0 Å². The molecule has 0 N–H and O–H groups in total. The molecule has 0 spiro atoms. The van der Waals surface area contributed by atoms with Crippen LogP contribution in [-0.4, -0.2) is 25.1 Å². The minimum absolute atomic E-state index is 0.386. The minimum Gasteiger partial charge on any atom is -0.332 e. The summed E-state index contributed by atoms with van der Waals surface area (Å²) in [4.78, 5) is 5.22. The van der Waals surface area contributed by atoms with Gasteiger partial charge >= 0.3 is 0 Å². The second-order valence-electron chi connectivity index (χ2n) is 3.18. The molecule has 0 unspecified atom stereocenters. The Bertz CT molecular complexity index is 597. The highest BCUT2D eigenvalue weighted by Gasteiger charge is 2.13. The number of thiophene rings is 1. The van der Waals surface area contributed by atoms with E-state index in [1.54, 1.807) is 29.3 Å². The highest BCUT2D eigenvalue weighted by Crippen LogP contribution is 2.23. The first-order valence-corrected chi connectivity index (χ1v) is 5.45. The summed E-state index contributed by atoms with van der Waals surface area (Å²) in [5, 5.41) is 13.6. The molecular weight excluding hydrogens is 226 g/mol. The van der Waals surface area contributed by atoms with E-state index >= 15 is 0 Å². The Balaban J connectivity index is 2.00.